The summed E-state index contributed by atoms with van der Waals surface area (Å²) in [6, 6.07) is 21.5. The molecule has 1 N–H and O–H groups in total. The van der Waals surface area contributed by atoms with Crippen LogP contribution in [0.2, 0.25) is 5.02 Å². The van der Waals surface area contributed by atoms with Crippen LogP contribution in [0.1, 0.15) is 33.5 Å². The van der Waals surface area contributed by atoms with E-state index in [1.807, 2.05) is 37.3 Å². The highest BCUT2D eigenvalue weighted by molar-refractivity contribution is 6.31. The molecule has 0 fully saturated rings. The number of ketones is 1. The van der Waals surface area contributed by atoms with Crippen LogP contribution in [0.5, 0.6) is 0 Å². The van der Waals surface area contributed by atoms with Gasteiger partial charge in [0.05, 0.1) is 18.7 Å². The first kappa shape index (κ1) is 19.4. The average Bonchev–Trinajstić information content (AvgIpc) is 2.92. The third kappa shape index (κ3) is 3.57. The zero-order valence-electron chi connectivity index (χ0n) is 15.9. The highest BCUT2D eigenvalue weighted by atomic mass is 35.5. The van der Waals surface area contributed by atoms with E-state index in [9.17, 15) is 14.7 Å². The van der Waals surface area contributed by atoms with Crippen molar-refractivity contribution in [1.82, 2.24) is 0 Å². The van der Waals surface area contributed by atoms with Crippen molar-refractivity contribution in [3.8, 4) is 0 Å². The summed E-state index contributed by atoms with van der Waals surface area (Å²) in [5.74, 6) is -0.816. The number of carbonyl (C=O) groups excluding carboxylic acids is 2. The lowest BCUT2D eigenvalue weighted by molar-refractivity contribution is -0.136. The second kappa shape index (κ2) is 7.47. The molecule has 5 heteroatoms. The summed E-state index contributed by atoms with van der Waals surface area (Å²) in [5, 5.41) is 11.8. The van der Waals surface area contributed by atoms with Crippen LogP contribution in [0, 0.1) is 6.92 Å². The number of halogens is 1. The zero-order chi connectivity index (χ0) is 20.6. The van der Waals surface area contributed by atoms with E-state index in [4.69, 9.17) is 11.6 Å². The fraction of sp³-hybridized carbons (Fsp3) is 0.167. The number of hydrogen-bond acceptors (Lipinski definition) is 3. The number of Topliss-reactive ketones (excluding diaryl/α,β-unsaturated/α-hetero) is 1. The number of aliphatic hydroxyl groups is 1. The van der Waals surface area contributed by atoms with Crippen molar-refractivity contribution >= 4 is 29.0 Å². The second-order valence-corrected chi connectivity index (χ2v) is 7.80. The van der Waals surface area contributed by atoms with E-state index < -0.39 is 11.5 Å². The van der Waals surface area contributed by atoms with Crippen LogP contribution >= 0.6 is 11.6 Å². The second-order valence-electron chi connectivity index (χ2n) is 7.36. The standard InChI is InChI=1S/C24H20ClNO3/c1-16-7-9-17(10-8-16)15-26-21-12-11-19(25)13-20(21)24(29,23(26)28)14-22(27)18-5-3-2-4-6-18/h2-13,29H,14-15H2,1H3. The summed E-state index contributed by atoms with van der Waals surface area (Å²) in [7, 11) is 0. The summed E-state index contributed by atoms with van der Waals surface area (Å²) < 4.78 is 0. The minimum absolute atomic E-state index is 0.301. The molecule has 3 aromatic carbocycles. The molecule has 0 bridgehead atoms. The van der Waals surface area contributed by atoms with Crippen molar-refractivity contribution in [1.29, 1.82) is 0 Å². The lowest BCUT2D eigenvalue weighted by Gasteiger charge is -2.23. The number of amides is 1. The van der Waals surface area contributed by atoms with Gasteiger partial charge in [-0.3, -0.25) is 9.59 Å². The third-order valence-electron chi connectivity index (χ3n) is 5.27. The molecule has 146 valence electrons. The van der Waals surface area contributed by atoms with Gasteiger partial charge < -0.3 is 10.0 Å². The minimum Gasteiger partial charge on any atom is -0.375 e. The number of nitrogens with zero attached hydrogens (tertiary/aromatic N) is 1. The number of rotatable bonds is 5. The Kier molecular flexibility index (Phi) is 4.99. The molecule has 0 aromatic heterocycles. The number of fused-ring (bicyclic) bond motifs is 1. The SMILES string of the molecule is Cc1ccc(CN2C(=O)C(O)(CC(=O)c3ccccc3)c3cc(Cl)ccc32)cc1. The molecule has 0 saturated heterocycles. The van der Waals surface area contributed by atoms with E-state index in [2.05, 4.69) is 0 Å². The normalized spacial score (nSPS) is 18.0. The highest BCUT2D eigenvalue weighted by Gasteiger charge is 2.51. The molecular formula is C24H20ClNO3. The molecular weight excluding hydrogens is 386 g/mol. The number of anilines is 1. The maximum atomic E-state index is 13.3. The monoisotopic (exact) mass is 405 g/mol. The van der Waals surface area contributed by atoms with Crippen LogP contribution in [-0.2, 0) is 16.9 Å². The van der Waals surface area contributed by atoms with Crippen molar-refractivity contribution in [3.05, 3.63) is 100 Å². The van der Waals surface area contributed by atoms with Crippen LogP contribution in [-0.4, -0.2) is 16.8 Å². The van der Waals surface area contributed by atoms with Crippen molar-refractivity contribution in [2.45, 2.75) is 25.5 Å². The smallest absolute Gasteiger partial charge is 0.264 e. The molecule has 4 nitrogen and oxygen atoms in total. The number of carbonyl (C=O) groups is 2. The molecule has 0 saturated carbocycles. The molecule has 1 atom stereocenters. The Morgan fingerprint density at radius 1 is 1.03 bits per heavy atom. The van der Waals surface area contributed by atoms with Crippen LogP contribution in [0.4, 0.5) is 5.69 Å². The molecule has 4 rings (SSSR count). The Balaban J connectivity index is 1.71. The maximum Gasteiger partial charge on any atom is 0.264 e. The van der Waals surface area contributed by atoms with Gasteiger partial charge in [-0.05, 0) is 30.7 Å². The van der Waals surface area contributed by atoms with Gasteiger partial charge in [-0.1, -0.05) is 71.8 Å². The van der Waals surface area contributed by atoms with Gasteiger partial charge in [0.1, 0.15) is 0 Å². The predicted octanol–water partition coefficient (Wildman–Crippen LogP) is 4.66. The molecule has 3 aromatic rings. The zero-order valence-corrected chi connectivity index (χ0v) is 16.7. The molecule has 0 radical (unpaired) electrons. The van der Waals surface area contributed by atoms with Crippen LogP contribution in [0.3, 0.4) is 0 Å². The predicted molar refractivity (Wildman–Crippen MR) is 113 cm³/mol. The van der Waals surface area contributed by atoms with Gasteiger partial charge in [0.15, 0.2) is 11.4 Å². The first-order valence-electron chi connectivity index (χ1n) is 9.37. The lowest BCUT2D eigenvalue weighted by Crippen LogP contribution is -2.41. The van der Waals surface area contributed by atoms with Crippen LogP contribution in [0.15, 0.2) is 72.8 Å². The molecule has 1 aliphatic rings. The molecule has 1 amide bonds. The van der Waals surface area contributed by atoms with E-state index in [1.165, 1.54) is 4.90 Å². The van der Waals surface area contributed by atoms with Gasteiger partial charge in [0.25, 0.3) is 5.91 Å². The first-order chi connectivity index (χ1) is 13.9. The molecule has 1 heterocycles. The molecule has 1 aliphatic heterocycles. The molecule has 0 spiro atoms. The summed E-state index contributed by atoms with van der Waals surface area (Å²) in [6.07, 6.45) is -0.340. The Labute approximate surface area is 174 Å². The van der Waals surface area contributed by atoms with Gasteiger partial charge in [-0.2, -0.15) is 0 Å². The van der Waals surface area contributed by atoms with E-state index in [-0.39, 0.29) is 12.2 Å². The fourth-order valence-corrected chi connectivity index (χ4v) is 3.86. The van der Waals surface area contributed by atoms with Crippen molar-refractivity contribution in [2.75, 3.05) is 4.90 Å². The Morgan fingerprint density at radius 3 is 2.41 bits per heavy atom. The van der Waals surface area contributed by atoms with Gasteiger partial charge in [0.2, 0.25) is 0 Å². The van der Waals surface area contributed by atoms with Gasteiger partial charge in [0, 0.05) is 16.1 Å². The van der Waals surface area contributed by atoms with E-state index in [0.717, 1.165) is 11.1 Å². The number of hydrogen-bond donors (Lipinski definition) is 1. The Morgan fingerprint density at radius 2 is 1.72 bits per heavy atom. The highest BCUT2D eigenvalue weighted by Crippen LogP contribution is 2.44. The summed E-state index contributed by atoms with van der Waals surface area (Å²) in [4.78, 5) is 27.6. The van der Waals surface area contributed by atoms with Gasteiger partial charge in [-0.15, -0.1) is 0 Å². The van der Waals surface area contributed by atoms with Crippen molar-refractivity contribution in [2.24, 2.45) is 0 Å². The third-order valence-corrected chi connectivity index (χ3v) is 5.50. The van der Waals surface area contributed by atoms with Gasteiger partial charge >= 0.3 is 0 Å². The van der Waals surface area contributed by atoms with Crippen molar-refractivity contribution < 1.29 is 14.7 Å². The summed E-state index contributed by atoms with van der Waals surface area (Å²) >= 11 is 6.15. The summed E-state index contributed by atoms with van der Waals surface area (Å²) in [5.41, 5.74) is 1.50. The number of aryl methyl sites for hydroxylation is 1. The number of benzene rings is 3. The van der Waals surface area contributed by atoms with E-state index in [1.54, 1.807) is 42.5 Å². The topological polar surface area (TPSA) is 57.6 Å². The summed E-state index contributed by atoms with van der Waals surface area (Å²) in [6.45, 7) is 2.30. The molecule has 1 unspecified atom stereocenters. The van der Waals surface area contributed by atoms with Crippen LogP contribution < -0.4 is 4.90 Å². The fourth-order valence-electron chi connectivity index (χ4n) is 3.69. The van der Waals surface area contributed by atoms with E-state index >= 15 is 0 Å². The molecule has 29 heavy (non-hydrogen) atoms. The minimum atomic E-state index is -1.95. The average molecular weight is 406 g/mol. The quantitative estimate of drug-likeness (QED) is 0.628. The van der Waals surface area contributed by atoms with Gasteiger partial charge in [-0.25, -0.2) is 0 Å². The van der Waals surface area contributed by atoms with Crippen LogP contribution in [0.25, 0.3) is 0 Å². The molecule has 0 aliphatic carbocycles. The van der Waals surface area contributed by atoms with E-state index in [0.29, 0.717) is 28.4 Å². The lowest BCUT2D eigenvalue weighted by atomic mass is 9.88. The maximum absolute atomic E-state index is 13.3. The first-order valence-corrected chi connectivity index (χ1v) is 9.74. The van der Waals surface area contributed by atoms with Crippen molar-refractivity contribution in [3.63, 3.8) is 0 Å². The largest absolute Gasteiger partial charge is 0.375 e. The Bertz CT molecular complexity index is 1080. The Hall–Kier alpha value is -2.95.